The molecule has 0 atom stereocenters. The number of para-hydroxylation sites is 2. The van der Waals surface area contributed by atoms with Gasteiger partial charge in [-0.3, -0.25) is 0 Å². The lowest BCUT2D eigenvalue weighted by atomic mass is 9.97. The van der Waals surface area contributed by atoms with Crippen LogP contribution in [0, 0.1) is 0 Å². The van der Waals surface area contributed by atoms with E-state index in [0.717, 1.165) is 25.7 Å². The molecular formula is C36H26N2S. The normalized spacial score (nSPS) is 14.6. The summed E-state index contributed by atoms with van der Waals surface area (Å²) in [5, 5.41) is 5.29. The molecule has 4 aromatic carbocycles. The predicted octanol–water partition coefficient (Wildman–Crippen LogP) is 9.86. The summed E-state index contributed by atoms with van der Waals surface area (Å²) in [5.41, 5.74) is 10.8. The van der Waals surface area contributed by atoms with E-state index in [4.69, 9.17) is 0 Å². The third-order valence-corrected chi connectivity index (χ3v) is 9.80. The van der Waals surface area contributed by atoms with Crippen LogP contribution in [0.2, 0.25) is 0 Å². The monoisotopic (exact) mass is 518 g/mol. The molecule has 2 nitrogen and oxygen atoms in total. The number of aromatic nitrogens is 2. The van der Waals surface area contributed by atoms with E-state index in [2.05, 4.69) is 118 Å². The summed E-state index contributed by atoms with van der Waals surface area (Å²) in [4.78, 5) is 0. The highest BCUT2D eigenvalue weighted by atomic mass is 32.1. The molecular weight excluding hydrogens is 492 g/mol. The molecule has 0 amide bonds. The SMILES string of the molecule is C1=Cc2c3c(n(-c4ccc5sc6ccc(-n7c8ccccc8c8ccccc87)cc6c5c4)c2CC1)CCC=C3. The first-order chi connectivity index (χ1) is 19.3. The van der Waals surface area contributed by atoms with Crippen molar-refractivity contribution in [3.63, 3.8) is 0 Å². The second kappa shape index (κ2) is 8.08. The Morgan fingerprint density at radius 2 is 1.03 bits per heavy atom. The van der Waals surface area contributed by atoms with Crippen molar-refractivity contribution in [2.75, 3.05) is 0 Å². The lowest BCUT2D eigenvalue weighted by Gasteiger charge is -2.16. The van der Waals surface area contributed by atoms with E-state index in [1.165, 1.54) is 75.9 Å². The van der Waals surface area contributed by atoms with Crippen molar-refractivity contribution < 1.29 is 0 Å². The zero-order chi connectivity index (χ0) is 25.5. The molecule has 0 radical (unpaired) electrons. The minimum Gasteiger partial charge on any atom is -0.317 e. The summed E-state index contributed by atoms with van der Waals surface area (Å²) in [7, 11) is 0. The van der Waals surface area contributed by atoms with E-state index in [9.17, 15) is 0 Å². The van der Waals surface area contributed by atoms with Gasteiger partial charge in [0.05, 0.1) is 11.0 Å². The van der Waals surface area contributed by atoms with E-state index in [1.807, 2.05) is 11.3 Å². The Morgan fingerprint density at radius 3 is 1.59 bits per heavy atom. The predicted molar refractivity (Wildman–Crippen MR) is 168 cm³/mol. The van der Waals surface area contributed by atoms with E-state index >= 15 is 0 Å². The molecule has 0 spiro atoms. The van der Waals surface area contributed by atoms with E-state index in [1.54, 1.807) is 0 Å². The first kappa shape index (κ1) is 21.6. The van der Waals surface area contributed by atoms with Crippen molar-refractivity contribution in [1.82, 2.24) is 9.13 Å². The number of nitrogens with zero attached hydrogens (tertiary/aromatic N) is 2. The first-order valence-electron chi connectivity index (χ1n) is 13.9. The standard InChI is InChI=1S/C36H26N2S/c1-5-13-31-25(9-1)26-10-2-6-14-32(26)37(31)23-17-19-35-29(21-23)30-22-24(18-20-36(30)39-35)38-33-15-7-3-11-27(33)28-12-4-8-16-34(28)38/h1-6,9-14,17-22H,7-8,15-16H2. The quantitative estimate of drug-likeness (QED) is 0.215. The summed E-state index contributed by atoms with van der Waals surface area (Å²) in [6.07, 6.45) is 13.8. The molecule has 3 heterocycles. The molecule has 2 aliphatic rings. The number of benzene rings is 4. The maximum absolute atomic E-state index is 2.58. The zero-order valence-electron chi connectivity index (χ0n) is 21.5. The molecule has 0 N–H and O–H groups in total. The Hall–Kier alpha value is -4.34. The Kier molecular flexibility index (Phi) is 4.47. The number of rotatable bonds is 2. The number of hydrogen-bond donors (Lipinski definition) is 0. The number of allylic oxidation sites excluding steroid dienone is 2. The van der Waals surface area contributed by atoms with Gasteiger partial charge in [0.15, 0.2) is 0 Å². The Bertz CT molecular complexity index is 2090. The van der Waals surface area contributed by atoms with Crippen LogP contribution in [0.3, 0.4) is 0 Å². The van der Waals surface area contributed by atoms with Crippen molar-refractivity contribution in [3.8, 4) is 11.4 Å². The van der Waals surface area contributed by atoms with Gasteiger partial charge in [0.25, 0.3) is 0 Å². The van der Waals surface area contributed by atoms with Gasteiger partial charge in [0.2, 0.25) is 0 Å². The molecule has 3 heteroatoms. The molecule has 9 rings (SSSR count). The van der Waals surface area contributed by atoms with Gasteiger partial charge in [0.1, 0.15) is 0 Å². The first-order valence-corrected chi connectivity index (χ1v) is 14.7. The van der Waals surface area contributed by atoms with Gasteiger partial charge >= 0.3 is 0 Å². The second-order valence-corrected chi connectivity index (χ2v) is 11.9. The van der Waals surface area contributed by atoms with E-state index in [0.29, 0.717) is 0 Å². The molecule has 186 valence electrons. The summed E-state index contributed by atoms with van der Waals surface area (Å²) >= 11 is 1.90. The fourth-order valence-electron chi connectivity index (χ4n) is 6.97. The molecule has 0 saturated carbocycles. The van der Waals surface area contributed by atoms with Crippen molar-refractivity contribution in [1.29, 1.82) is 0 Å². The molecule has 2 aliphatic carbocycles. The van der Waals surface area contributed by atoms with E-state index in [-0.39, 0.29) is 0 Å². The fraction of sp³-hybridized carbons (Fsp3) is 0.111. The molecule has 0 bridgehead atoms. The lowest BCUT2D eigenvalue weighted by Crippen LogP contribution is -2.07. The second-order valence-electron chi connectivity index (χ2n) is 10.8. The molecule has 39 heavy (non-hydrogen) atoms. The third-order valence-electron chi connectivity index (χ3n) is 8.65. The van der Waals surface area contributed by atoms with Crippen LogP contribution >= 0.6 is 11.3 Å². The largest absolute Gasteiger partial charge is 0.317 e. The minimum absolute atomic E-state index is 1.10. The number of hydrogen-bond acceptors (Lipinski definition) is 1. The van der Waals surface area contributed by atoms with Crippen LogP contribution in [-0.2, 0) is 12.8 Å². The maximum atomic E-state index is 2.58. The molecule has 0 unspecified atom stereocenters. The average Bonchev–Trinajstić information content (AvgIpc) is 3.64. The minimum atomic E-state index is 1.10. The Balaban J connectivity index is 1.29. The van der Waals surface area contributed by atoms with Gasteiger partial charge in [-0.05, 0) is 74.2 Å². The van der Waals surface area contributed by atoms with Crippen LogP contribution in [0.4, 0.5) is 0 Å². The maximum Gasteiger partial charge on any atom is 0.0541 e. The van der Waals surface area contributed by atoms with Crippen LogP contribution in [0.5, 0.6) is 0 Å². The van der Waals surface area contributed by atoms with Crippen molar-refractivity contribution in [2.45, 2.75) is 25.7 Å². The van der Waals surface area contributed by atoms with Crippen molar-refractivity contribution >= 4 is 65.5 Å². The van der Waals surface area contributed by atoms with Crippen LogP contribution in [0.15, 0.2) is 97.1 Å². The molecule has 0 saturated heterocycles. The van der Waals surface area contributed by atoms with Crippen molar-refractivity contribution in [3.05, 3.63) is 120 Å². The topological polar surface area (TPSA) is 9.86 Å². The van der Waals surface area contributed by atoms with Crippen LogP contribution in [-0.4, -0.2) is 9.13 Å². The van der Waals surface area contributed by atoms with Crippen LogP contribution in [0.1, 0.15) is 35.4 Å². The Morgan fingerprint density at radius 1 is 0.513 bits per heavy atom. The fourth-order valence-corrected chi connectivity index (χ4v) is 8.03. The Labute approximate surface area is 230 Å². The summed E-state index contributed by atoms with van der Waals surface area (Å²) < 4.78 is 7.70. The summed E-state index contributed by atoms with van der Waals surface area (Å²) in [5.74, 6) is 0. The highest BCUT2D eigenvalue weighted by molar-refractivity contribution is 7.25. The highest BCUT2D eigenvalue weighted by Crippen LogP contribution is 2.40. The van der Waals surface area contributed by atoms with E-state index < -0.39 is 0 Å². The number of fused-ring (bicyclic) bond motifs is 9. The smallest absolute Gasteiger partial charge is 0.0541 e. The number of thiophene rings is 1. The lowest BCUT2D eigenvalue weighted by molar-refractivity contribution is 0.814. The van der Waals surface area contributed by atoms with Crippen LogP contribution < -0.4 is 0 Å². The molecule has 3 aromatic heterocycles. The van der Waals surface area contributed by atoms with Gasteiger partial charge in [-0.25, -0.2) is 0 Å². The van der Waals surface area contributed by atoms with Gasteiger partial charge in [-0.2, -0.15) is 0 Å². The van der Waals surface area contributed by atoms with Gasteiger partial charge < -0.3 is 9.13 Å². The molecule has 7 aromatic rings. The van der Waals surface area contributed by atoms with Crippen LogP contribution in [0.25, 0.3) is 65.5 Å². The van der Waals surface area contributed by atoms with Gasteiger partial charge in [0, 0.05) is 64.8 Å². The highest BCUT2D eigenvalue weighted by Gasteiger charge is 2.24. The third kappa shape index (κ3) is 3.02. The zero-order valence-corrected chi connectivity index (χ0v) is 22.3. The molecule has 0 aliphatic heterocycles. The average molecular weight is 519 g/mol. The van der Waals surface area contributed by atoms with Gasteiger partial charge in [-0.1, -0.05) is 60.7 Å². The van der Waals surface area contributed by atoms with Crippen molar-refractivity contribution in [2.24, 2.45) is 0 Å². The summed E-state index contributed by atoms with van der Waals surface area (Å²) in [6, 6.07) is 31.6. The molecule has 0 fully saturated rings. The van der Waals surface area contributed by atoms with Gasteiger partial charge in [-0.15, -0.1) is 11.3 Å². The summed E-state index contributed by atoms with van der Waals surface area (Å²) in [6.45, 7) is 0.